The maximum atomic E-state index is 13.0. The minimum Gasteiger partial charge on any atom is -0.481 e. The number of amides is 1. The van der Waals surface area contributed by atoms with Crippen molar-refractivity contribution in [3.63, 3.8) is 0 Å². The topological polar surface area (TPSA) is 81.9 Å². The van der Waals surface area contributed by atoms with Crippen molar-refractivity contribution in [1.82, 2.24) is 25.1 Å². The third-order valence-electron chi connectivity index (χ3n) is 5.29. The lowest BCUT2D eigenvalue weighted by molar-refractivity contribution is 0.0927. The van der Waals surface area contributed by atoms with Gasteiger partial charge in [0.1, 0.15) is 11.5 Å². The van der Waals surface area contributed by atoms with E-state index < -0.39 is 0 Å². The Morgan fingerprint density at radius 2 is 2.11 bits per heavy atom. The average Bonchev–Trinajstić information content (AvgIpc) is 2.98. The van der Waals surface area contributed by atoms with Gasteiger partial charge in [0, 0.05) is 18.4 Å². The molecule has 1 unspecified atom stereocenters. The highest BCUT2D eigenvalue weighted by atomic mass is 16.5. The van der Waals surface area contributed by atoms with Gasteiger partial charge in [0.2, 0.25) is 5.88 Å². The van der Waals surface area contributed by atoms with Gasteiger partial charge in [-0.3, -0.25) is 4.79 Å². The molecule has 7 nitrogen and oxygen atoms in total. The van der Waals surface area contributed by atoms with Crippen LogP contribution in [0, 0.1) is 0 Å². The molecule has 0 radical (unpaired) electrons. The fourth-order valence-electron chi connectivity index (χ4n) is 3.79. The third-order valence-corrected chi connectivity index (χ3v) is 5.29. The molecule has 4 rings (SSSR count). The van der Waals surface area contributed by atoms with E-state index in [1.54, 1.807) is 13.2 Å². The van der Waals surface area contributed by atoms with Crippen LogP contribution in [-0.4, -0.2) is 32.8 Å². The minimum atomic E-state index is -0.234. The predicted octanol–water partition coefficient (Wildman–Crippen LogP) is 3.44. The van der Waals surface area contributed by atoms with Crippen LogP contribution in [0.25, 0.3) is 10.8 Å². The number of methoxy groups -OCH3 is 1. The Morgan fingerprint density at radius 1 is 1.25 bits per heavy atom. The summed E-state index contributed by atoms with van der Waals surface area (Å²) >= 11 is 0. The van der Waals surface area contributed by atoms with Crippen molar-refractivity contribution in [2.24, 2.45) is 0 Å². The molecular formula is C21H25N5O2. The van der Waals surface area contributed by atoms with E-state index in [0.717, 1.165) is 54.6 Å². The molecule has 3 heterocycles. The Hall–Kier alpha value is -2.96. The van der Waals surface area contributed by atoms with E-state index >= 15 is 0 Å². The zero-order valence-electron chi connectivity index (χ0n) is 16.3. The summed E-state index contributed by atoms with van der Waals surface area (Å²) < 4.78 is 7.57. The number of fused-ring (bicyclic) bond motifs is 2. The lowest BCUT2D eigenvalue weighted by Crippen LogP contribution is -2.31. The number of aryl methyl sites for hydroxylation is 1. The summed E-state index contributed by atoms with van der Waals surface area (Å²) in [6, 6.07) is 9.34. The van der Waals surface area contributed by atoms with Crippen molar-refractivity contribution in [2.75, 3.05) is 7.11 Å². The number of ether oxygens (including phenoxy) is 1. The molecule has 3 aromatic rings. The second-order valence-electron chi connectivity index (χ2n) is 7.11. The number of carbonyl (C=O) groups is 1. The molecule has 1 atom stereocenters. The molecule has 0 saturated heterocycles. The first-order valence-corrected chi connectivity index (χ1v) is 9.88. The number of hydrogen-bond acceptors (Lipinski definition) is 5. The van der Waals surface area contributed by atoms with Gasteiger partial charge in [0.25, 0.3) is 5.91 Å². The first kappa shape index (κ1) is 18.4. The summed E-state index contributed by atoms with van der Waals surface area (Å²) in [5.74, 6) is 2.07. The van der Waals surface area contributed by atoms with Crippen molar-refractivity contribution >= 4 is 16.7 Å². The standard InChI is InChI=1S/C21H25N5O2/c1-3-16(19-25-24-18-11-5-4-8-12-26(18)19)22-20(27)17-13-14-9-6-7-10-15(14)21(23-17)28-2/h6-7,9-10,13,16H,3-5,8,11-12H2,1-2H3,(H,22,27). The molecule has 146 valence electrons. The van der Waals surface area contributed by atoms with Crippen molar-refractivity contribution < 1.29 is 9.53 Å². The number of aromatic nitrogens is 4. The van der Waals surface area contributed by atoms with Crippen molar-refractivity contribution in [3.05, 3.63) is 47.7 Å². The Kier molecular flexibility index (Phi) is 5.23. The second-order valence-corrected chi connectivity index (χ2v) is 7.11. The van der Waals surface area contributed by atoms with E-state index in [-0.39, 0.29) is 11.9 Å². The first-order valence-electron chi connectivity index (χ1n) is 9.88. The molecule has 1 N–H and O–H groups in total. The predicted molar refractivity (Wildman–Crippen MR) is 106 cm³/mol. The van der Waals surface area contributed by atoms with Crippen molar-refractivity contribution in [3.8, 4) is 5.88 Å². The highest BCUT2D eigenvalue weighted by molar-refractivity contribution is 5.98. The molecule has 1 amide bonds. The number of rotatable bonds is 5. The van der Waals surface area contributed by atoms with Crippen LogP contribution in [0.4, 0.5) is 0 Å². The van der Waals surface area contributed by atoms with Gasteiger partial charge in [-0.15, -0.1) is 10.2 Å². The number of carbonyl (C=O) groups excluding carboxylic acids is 1. The maximum absolute atomic E-state index is 13.0. The zero-order valence-corrected chi connectivity index (χ0v) is 16.3. The molecule has 0 saturated carbocycles. The maximum Gasteiger partial charge on any atom is 0.270 e. The summed E-state index contributed by atoms with van der Waals surface area (Å²) in [7, 11) is 1.57. The third kappa shape index (κ3) is 3.44. The number of benzene rings is 1. The average molecular weight is 379 g/mol. The Bertz CT molecular complexity index is 998. The van der Waals surface area contributed by atoms with Gasteiger partial charge in [-0.2, -0.15) is 0 Å². The lowest BCUT2D eigenvalue weighted by Gasteiger charge is -2.18. The van der Waals surface area contributed by atoms with Gasteiger partial charge in [-0.1, -0.05) is 31.5 Å². The van der Waals surface area contributed by atoms with E-state index in [9.17, 15) is 4.79 Å². The molecule has 28 heavy (non-hydrogen) atoms. The molecule has 1 aliphatic heterocycles. The monoisotopic (exact) mass is 379 g/mol. The Morgan fingerprint density at radius 3 is 2.93 bits per heavy atom. The molecule has 0 fully saturated rings. The first-order chi connectivity index (χ1) is 13.7. The van der Waals surface area contributed by atoms with Crippen LogP contribution < -0.4 is 10.1 Å². The smallest absolute Gasteiger partial charge is 0.270 e. The normalized spacial score (nSPS) is 14.9. The lowest BCUT2D eigenvalue weighted by atomic mass is 10.1. The highest BCUT2D eigenvalue weighted by Crippen LogP contribution is 2.25. The fourth-order valence-corrected chi connectivity index (χ4v) is 3.79. The SMILES string of the molecule is CCC(NC(=O)c1cc2ccccc2c(OC)n1)c1nnc2n1CCCCC2. The summed E-state index contributed by atoms with van der Waals surface area (Å²) in [6.45, 7) is 2.95. The van der Waals surface area contributed by atoms with Gasteiger partial charge in [0.05, 0.1) is 13.2 Å². The summed E-state index contributed by atoms with van der Waals surface area (Å²) in [4.78, 5) is 17.4. The highest BCUT2D eigenvalue weighted by Gasteiger charge is 2.24. The van der Waals surface area contributed by atoms with Crippen molar-refractivity contribution in [2.45, 2.75) is 51.6 Å². The number of nitrogens with zero attached hydrogens (tertiary/aromatic N) is 4. The number of nitrogens with one attached hydrogen (secondary N) is 1. The second kappa shape index (κ2) is 7.96. The van der Waals surface area contributed by atoms with Crippen LogP contribution in [0.3, 0.4) is 0 Å². The Labute approximate surface area is 164 Å². The van der Waals surface area contributed by atoms with Gasteiger partial charge >= 0.3 is 0 Å². The van der Waals surface area contributed by atoms with E-state index in [4.69, 9.17) is 4.74 Å². The van der Waals surface area contributed by atoms with Crippen LogP contribution in [0.15, 0.2) is 30.3 Å². The summed E-state index contributed by atoms with van der Waals surface area (Å²) in [6.07, 6.45) is 5.14. The van der Waals surface area contributed by atoms with Crippen LogP contribution in [0.1, 0.15) is 60.8 Å². The van der Waals surface area contributed by atoms with E-state index in [0.29, 0.717) is 11.6 Å². The van der Waals surface area contributed by atoms with Crippen molar-refractivity contribution in [1.29, 1.82) is 0 Å². The van der Waals surface area contributed by atoms with Crippen LogP contribution in [0.5, 0.6) is 5.88 Å². The van der Waals surface area contributed by atoms with Gasteiger partial charge < -0.3 is 14.6 Å². The number of pyridine rings is 1. The van der Waals surface area contributed by atoms with Crippen LogP contribution in [-0.2, 0) is 13.0 Å². The van der Waals surface area contributed by atoms with E-state index in [1.807, 2.05) is 31.2 Å². The molecule has 0 spiro atoms. The largest absolute Gasteiger partial charge is 0.481 e. The zero-order chi connectivity index (χ0) is 19.5. The molecular weight excluding hydrogens is 354 g/mol. The molecule has 1 aliphatic rings. The van der Waals surface area contributed by atoms with Gasteiger partial charge in [0.15, 0.2) is 5.82 Å². The van der Waals surface area contributed by atoms with Gasteiger partial charge in [-0.25, -0.2) is 4.98 Å². The summed E-state index contributed by atoms with van der Waals surface area (Å²) in [5.41, 5.74) is 0.338. The van der Waals surface area contributed by atoms with E-state index in [1.165, 1.54) is 6.42 Å². The number of hydrogen-bond donors (Lipinski definition) is 1. The fraction of sp³-hybridized carbons (Fsp3) is 0.429. The van der Waals surface area contributed by atoms with Crippen LogP contribution >= 0.6 is 0 Å². The molecule has 0 aliphatic carbocycles. The van der Waals surface area contributed by atoms with Crippen LogP contribution in [0.2, 0.25) is 0 Å². The molecule has 0 bridgehead atoms. The molecule has 1 aromatic carbocycles. The Balaban J connectivity index is 1.62. The van der Waals surface area contributed by atoms with E-state index in [2.05, 4.69) is 25.1 Å². The van der Waals surface area contributed by atoms with Gasteiger partial charge in [-0.05, 0) is 36.8 Å². The minimum absolute atomic E-state index is 0.203. The quantitative estimate of drug-likeness (QED) is 0.734. The molecule has 2 aromatic heterocycles. The molecule has 7 heteroatoms. The summed E-state index contributed by atoms with van der Waals surface area (Å²) in [5, 5.41) is 13.7.